The molecule has 1 aromatic carbocycles. The molecule has 0 spiro atoms. The van der Waals surface area contributed by atoms with Crippen LogP contribution >= 0.6 is 0 Å². The molecule has 6 heteroatoms. The number of rotatable bonds is 4. The van der Waals surface area contributed by atoms with Crippen LogP contribution in [0.3, 0.4) is 0 Å². The van der Waals surface area contributed by atoms with E-state index >= 15 is 0 Å². The molecule has 3 aromatic rings. The van der Waals surface area contributed by atoms with Crippen LogP contribution in [-0.4, -0.2) is 24.8 Å². The summed E-state index contributed by atoms with van der Waals surface area (Å²) in [5, 5.41) is 15.0. The zero-order valence-electron chi connectivity index (χ0n) is 11.5. The summed E-state index contributed by atoms with van der Waals surface area (Å²) in [5.74, 6) is 0.757. The van der Waals surface area contributed by atoms with Gasteiger partial charge in [-0.2, -0.15) is 0 Å². The maximum Gasteiger partial charge on any atom is 0.181 e. The average Bonchev–Trinajstić information content (AvgIpc) is 3.05. The second-order valence-electron chi connectivity index (χ2n) is 4.67. The fourth-order valence-corrected chi connectivity index (χ4v) is 2.12. The Labute approximate surface area is 117 Å². The molecular weight excluding hydrogens is 252 g/mol. The van der Waals surface area contributed by atoms with Gasteiger partial charge in [0.05, 0.1) is 6.54 Å². The first kappa shape index (κ1) is 12.4. The van der Waals surface area contributed by atoms with Crippen molar-refractivity contribution < 1.29 is 0 Å². The van der Waals surface area contributed by atoms with Gasteiger partial charge in [-0.15, -0.1) is 5.10 Å². The van der Waals surface area contributed by atoms with Crippen molar-refractivity contribution in [1.29, 1.82) is 0 Å². The summed E-state index contributed by atoms with van der Waals surface area (Å²) < 4.78 is 3.76. The topological polar surface area (TPSA) is 60.6 Å². The molecule has 0 saturated carbocycles. The van der Waals surface area contributed by atoms with Crippen molar-refractivity contribution in [3.8, 4) is 11.4 Å². The van der Waals surface area contributed by atoms with Crippen molar-refractivity contribution in [1.82, 2.24) is 24.8 Å². The molecule has 0 atom stereocenters. The highest BCUT2D eigenvalue weighted by Crippen LogP contribution is 2.20. The molecule has 2 heterocycles. The van der Waals surface area contributed by atoms with Crippen LogP contribution < -0.4 is 5.32 Å². The third-order valence-electron chi connectivity index (χ3n) is 3.27. The number of anilines is 1. The molecule has 20 heavy (non-hydrogen) atoms. The van der Waals surface area contributed by atoms with Gasteiger partial charge in [0.15, 0.2) is 5.82 Å². The van der Waals surface area contributed by atoms with E-state index < -0.39 is 0 Å². The van der Waals surface area contributed by atoms with Gasteiger partial charge in [-0.3, -0.25) is 0 Å². The Hall–Kier alpha value is -2.63. The molecule has 1 N–H and O–H groups in total. The van der Waals surface area contributed by atoms with E-state index in [0.717, 1.165) is 23.6 Å². The zero-order valence-corrected chi connectivity index (χ0v) is 11.5. The van der Waals surface area contributed by atoms with Crippen molar-refractivity contribution in [3.05, 3.63) is 48.3 Å². The van der Waals surface area contributed by atoms with Gasteiger partial charge in [-0.05, 0) is 34.7 Å². The van der Waals surface area contributed by atoms with Crippen molar-refractivity contribution in [3.63, 3.8) is 0 Å². The van der Waals surface area contributed by atoms with Gasteiger partial charge in [0, 0.05) is 37.2 Å². The fraction of sp³-hybridized carbons (Fsp3) is 0.214. The predicted octanol–water partition coefficient (Wildman–Crippen LogP) is 1.83. The lowest BCUT2D eigenvalue weighted by molar-refractivity contribution is 0.714. The van der Waals surface area contributed by atoms with Gasteiger partial charge in [0.2, 0.25) is 0 Å². The van der Waals surface area contributed by atoms with Crippen molar-refractivity contribution in [2.45, 2.75) is 6.54 Å². The monoisotopic (exact) mass is 268 g/mol. The van der Waals surface area contributed by atoms with E-state index in [9.17, 15) is 0 Å². The predicted molar refractivity (Wildman–Crippen MR) is 77.0 cm³/mol. The van der Waals surface area contributed by atoms with E-state index in [1.165, 1.54) is 5.69 Å². The van der Waals surface area contributed by atoms with Crippen LogP contribution in [0, 0.1) is 0 Å². The number of tetrazole rings is 1. The van der Waals surface area contributed by atoms with E-state index in [1.807, 2.05) is 44.6 Å². The van der Waals surface area contributed by atoms with Crippen molar-refractivity contribution >= 4 is 5.69 Å². The highest BCUT2D eigenvalue weighted by atomic mass is 15.5. The molecule has 0 aliphatic carbocycles. The highest BCUT2D eigenvalue weighted by Gasteiger charge is 2.06. The summed E-state index contributed by atoms with van der Waals surface area (Å²) in [4.78, 5) is 0. The lowest BCUT2D eigenvalue weighted by Crippen LogP contribution is -2.04. The Morgan fingerprint density at radius 1 is 1.15 bits per heavy atom. The Morgan fingerprint density at radius 2 is 2.05 bits per heavy atom. The fourth-order valence-electron chi connectivity index (χ4n) is 2.12. The molecule has 0 aliphatic rings. The summed E-state index contributed by atoms with van der Waals surface area (Å²) in [6, 6.07) is 12.2. The van der Waals surface area contributed by atoms with Crippen LogP contribution in [-0.2, 0) is 20.6 Å². The third kappa shape index (κ3) is 2.40. The first-order valence-electron chi connectivity index (χ1n) is 6.41. The van der Waals surface area contributed by atoms with E-state index in [1.54, 1.807) is 4.68 Å². The normalized spacial score (nSPS) is 10.7. The van der Waals surface area contributed by atoms with Crippen molar-refractivity contribution in [2.75, 3.05) is 5.32 Å². The molecule has 0 saturated heterocycles. The number of nitrogens with one attached hydrogen (secondary N) is 1. The number of hydrogen-bond acceptors (Lipinski definition) is 4. The van der Waals surface area contributed by atoms with Crippen LogP contribution in [0.1, 0.15) is 5.69 Å². The first-order chi connectivity index (χ1) is 9.74. The molecule has 6 nitrogen and oxygen atoms in total. The first-order valence-corrected chi connectivity index (χ1v) is 6.41. The van der Waals surface area contributed by atoms with Gasteiger partial charge in [0.1, 0.15) is 0 Å². The SMILES string of the molecule is Cn1cccc1CNc1cccc(-c2nnnn2C)c1. The van der Waals surface area contributed by atoms with E-state index in [2.05, 4.69) is 37.5 Å². The van der Waals surface area contributed by atoms with Crippen LogP contribution in [0.15, 0.2) is 42.6 Å². The number of benzene rings is 1. The average molecular weight is 268 g/mol. The van der Waals surface area contributed by atoms with Crippen LogP contribution in [0.5, 0.6) is 0 Å². The maximum atomic E-state index is 4.02. The minimum atomic E-state index is 0.757. The second-order valence-corrected chi connectivity index (χ2v) is 4.67. The number of aryl methyl sites for hydroxylation is 2. The van der Waals surface area contributed by atoms with E-state index in [0.29, 0.717) is 0 Å². The lowest BCUT2D eigenvalue weighted by atomic mass is 10.2. The Bertz CT molecular complexity index is 712. The molecule has 0 bridgehead atoms. The van der Waals surface area contributed by atoms with Gasteiger partial charge in [-0.1, -0.05) is 12.1 Å². The molecule has 2 aromatic heterocycles. The summed E-state index contributed by atoms with van der Waals surface area (Å²) in [5.41, 5.74) is 3.27. The molecule has 0 aliphatic heterocycles. The number of nitrogens with zero attached hydrogens (tertiary/aromatic N) is 5. The third-order valence-corrected chi connectivity index (χ3v) is 3.27. The Balaban J connectivity index is 1.78. The Morgan fingerprint density at radius 3 is 2.75 bits per heavy atom. The van der Waals surface area contributed by atoms with Gasteiger partial charge in [-0.25, -0.2) is 4.68 Å². The second kappa shape index (κ2) is 5.16. The highest BCUT2D eigenvalue weighted by molar-refractivity contribution is 5.62. The summed E-state index contributed by atoms with van der Waals surface area (Å²) >= 11 is 0. The van der Waals surface area contributed by atoms with Crippen LogP contribution in [0.25, 0.3) is 11.4 Å². The minimum Gasteiger partial charge on any atom is -0.379 e. The molecule has 0 amide bonds. The van der Waals surface area contributed by atoms with Crippen LogP contribution in [0.2, 0.25) is 0 Å². The summed E-state index contributed by atoms with van der Waals surface area (Å²) in [7, 11) is 3.87. The number of hydrogen-bond donors (Lipinski definition) is 1. The molecule has 0 fully saturated rings. The van der Waals surface area contributed by atoms with Gasteiger partial charge in [0.25, 0.3) is 0 Å². The van der Waals surface area contributed by atoms with Crippen molar-refractivity contribution in [2.24, 2.45) is 14.1 Å². The summed E-state index contributed by atoms with van der Waals surface area (Å²) in [6.07, 6.45) is 2.04. The molecule has 0 radical (unpaired) electrons. The molecule has 3 rings (SSSR count). The Kier molecular flexibility index (Phi) is 3.20. The van der Waals surface area contributed by atoms with E-state index in [-0.39, 0.29) is 0 Å². The molecule has 102 valence electrons. The zero-order chi connectivity index (χ0) is 13.9. The van der Waals surface area contributed by atoms with Crippen LogP contribution in [0.4, 0.5) is 5.69 Å². The largest absolute Gasteiger partial charge is 0.379 e. The van der Waals surface area contributed by atoms with Gasteiger partial charge < -0.3 is 9.88 Å². The molecular formula is C14H16N6. The molecule has 0 unspecified atom stereocenters. The minimum absolute atomic E-state index is 0.757. The quantitative estimate of drug-likeness (QED) is 0.784. The maximum absolute atomic E-state index is 4.02. The smallest absolute Gasteiger partial charge is 0.181 e. The number of aromatic nitrogens is 5. The summed E-state index contributed by atoms with van der Waals surface area (Å²) in [6.45, 7) is 0.782. The van der Waals surface area contributed by atoms with E-state index in [4.69, 9.17) is 0 Å². The lowest BCUT2D eigenvalue weighted by Gasteiger charge is -2.08. The standard InChI is InChI=1S/C14H16N6/c1-19-8-4-7-13(19)10-15-12-6-3-5-11(9-12)14-16-17-18-20(14)2/h3-9,15H,10H2,1-2H3. The van der Waals surface area contributed by atoms with Gasteiger partial charge >= 0.3 is 0 Å².